The zero-order chi connectivity index (χ0) is 46.7. The highest BCUT2D eigenvalue weighted by molar-refractivity contribution is 5.76. The van der Waals surface area contributed by atoms with Gasteiger partial charge in [-0.3, -0.25) is 4.79 Å². The fourth-order valence-electron chi connectivity index (χ4n) is 14.8. The van der Waals surface area contributed by atoms with Gasteiger partial charge in [0.2, 0.25) is 0 Å². The molecule has 0 aromatic heterocycles. The van der Waals surface area contributed by atoms with Crippen LogP contribution in [0.2, 0.25) is 0 Å². The van der Waals surface area contributed by atoms with Gasteiger partial charge in [0.25, 0.3) is 0 Å². The van der Waals surface area contributed by atoms with Gasteiger partial charge in [-0.05, 0) is 111 Å². The number of ether oxygens (including phenoxy) is 6. The molecule has 3 heterocycles. The summed E-state index contributed by atoms with van der Waals surface area (Å²) >= 11 is 0. The van der Waals surface area contributed by atoms with Crippen molar-refractivity contribution >= 4 is 5.97 Å². The van der Waals surface area contributed by atoms with Gasteiger partial charge in [-0.15, -0.1) is 0 Å². The lowest BCUT2D eigenvalue weighted by Gasteiger charge is -2.71. The Kier molecular flexibility index (Phi) is 13.2. The summed E-state index contributed by atoms with van der Waals surface area (Å²) in [4.78, 5) is 13.1. The van der Waals surface area contributed by atoms with Gasteiger partial charge >= 0.3 is 5.97 Å². The SMILES string of the molecule is C[C@@H]1O[C@@H](O[C@H]2[C@H](O[C@H]3CC[C@@]4(C)C(CC[C@]5(C)C4CC=C4C6CC(C)(C)CC[C@]6(C(=O)O)CC[C@]45C)[C@]3(C)CO)OC[C@H](O[C@@H]3OC(CO)[C@@H](O)[C@H](O)[C@H]3O)[C@@H]2O)[C@H](O)[C@H](O)[C@H]1O. The maximum Gasteiger partial charge on any atom is 0.310 e. The molecule has 0 bridgehead atoms. The van der Waals surface area contributed by atoms with E-state index in [1.807, 2.05) is 6.92 Å². The number of hydrogen-bond acceptors (Lipinski definition) is 16. The number of carbonyl (C=O) groups is 1. The van der Waals surface area contributed by atoms with E-state index >= 15 is 0 Å². The van der Waals surface area contributed by atoms with E-state index in [-0.39, 0.29) is 52.6 Å². The van der Waals surface area contributed by atoms with Gasteiger partial charge in [-0.25, -0.2) is 0 Å². The van der Waals surface area contributed by atoms with E-state index in [1.165, 1.54) is 12.5 Å². The number of carboxylic acids is 1. The summed E-state index contributed by atoms with van der Waals surface area (Å²) in [5, 5.41) is 108. The fourth-order valence-corrected chi connectivity index (χ4v) is 14.8. The Bertz CT molecular complexity index is 1750. The molecular weight excluding hydrogens is 837 g/mol. The predicted octanol–water partition coefficient (Wildman–Crippen LogP) is 1.35. The molecule has 5 aliphatic carbocycles. The Morgan fingerprint density at radius 1 is 0.719 bits per heavy atom. The van der Waals surface area contributed by atoms with Crippen molar-refractivity contribution < 1.29 is 84.3 Å². The maximum atomic E-state index is 13.1. The van der Waals surface area contributed by atoms with Crippen LogP contribution < -0.4 is 0 Å². The number of allylic oxidation sites excluding steroid dienone is 2. The number of aliphatic hydroxyl groups is 9. The molecule has 4 saturated carbocycles. The van der Waals surface area contributed by atoms with E-state index in [9.17, 15) is 55.9 Å². The molecule has 8 aliphatic rings. The zero-order valence-electron chi connectivity index (χ0n) is 38.5. The third-order valence-electron chi connectivity index (χ3n) is 19.1. The molecule has 3 saturated heterocycles. The highest BCUT2D eigenvalue weighted by atomic mass is 16.8. The summed E-state index contributed by atoms with van der Waals surface area (Å²) in [6, 6.07) is 0. The summed E-state index contributed by atoms with van der Waals surface area (Å²) in [6.45, 7) is 14.0. The van der Waals surface area contributed by atoms with Gasteiger partial charge in [0.1, 0.15) is 61.0 Å². The summed E-state index contributed by atoms with van der Waals surface area (Å²) < 4.78 is 36.5. The Hall–Kier alpha value is -1.39. The predicted molar refractivity (Wildman–Crippen MR) is 225 cm³/mol. The molecule has 0 radical (unpaired) electrons. The standard InChI is InChI=1S/C47H76O17/c1-22-30(50)33(53)35(55)38(60-22)64-37-32(52)26(62-39-36(56)34(54)31(51)25(19-48)61-39)20-59-40(37)63-29-11-12-43(4)27(44(29,5)21-49)10-13-46(7)28(43)9-8-23-24-18-42(2,3)14-16-47(24,41(57)58)17-15-45(23,46)6/h8,22,24-40,48-56H,9-21H2,1-7H3,(H,57,58)/t22-,24?,25?,26-,27?,28?,29-,30-,31+,32-,33+,34-,35+,36+,37+,38-,39-,40-,43-,44-,45+,46+,47-/m0/s1. The second-order valence-electron chi connectivity index (χ2n) is 22.9. The lowest BCUT2D eigenvalue weighted by Crippen LogP contribution is -2.67. The van der Waals surface area contributed by atoms with Crippen molar-refractivity contribution in [2.45, 2.75) is 205 Å². The molecule has 0 spiro atoms. The quantitative estimate of drug-likeness (QED) is 0.116. The Morgan fingerprint density at radius 2 is 1.38 bits per heavy atom. The minimum atomic E-state index is -1.77. The molecule has 7 fully saturated rings. The van der Waals surface area contributed by atoms with Crippen molar-refractivity contribution in [2.24, 2.45) is 50.2 Å². The van der Waals surface area contributed by atoms with Crippen LogP contribution in [0.1, 0.15) is 113 Å². The molecule has 366 valence electrons. The second kappa shape index (κ2) is 17.2. The van der Waals surface area contributed by atoms with E-state index in [1.54, 1.807) is 0 Å². The van der Waals surface area contributed by atoms with Crippen LogP contribution in [-0.2, 0) is 33.2 Å². The van der Waals surface area contributed by atoms with E-state index in [0.717, 1.165) is 44.9 Å². The van der Waals surface area contributed by atoms with Gasteiger partial charge in [0.05, 0.1) is 37.4 Å². The van der Waals surface area contributed by atoms with Crippen LogP contribution in [0.3, 0.4) is 0 Å². The number of aliphatic hydroxyl groups excluding tert-OH is 9. The van der Waals surface area contributed by atoms with Crippen molar-refractivity contribution in [3.05, 3.63) is 11.6 Å². The van der Waals surface area contributed by atoms with Crippen LogP contribution >= 0.6 is 0 Å². The third kappa shape index (κ3) is 7.49. The van der Waals surface area contributed by atoms with Crippen molar-refractivity contribution in [1.82, 2.24) is 0 Å². The number of fused-ring (bicyclic) bond motifs is 7. The van der Waals surface area contributed by atoms with Gasteiger partial charge in [0.15, 0.2) is 18.9 Å². The summed E-state index contributed by atoms with van der Waals surface area (Å²) in [7, 11) is 0. The van der Waals surface area contributed by atoms with Crippen molar-refractivity contribution in [1.29, 1.82) is 0 Å². The lowest BCUT2D eigenvalue weighted by molar-refractivity contribution is -0.381. The summed E-state index contributed by atoms with van der Waals surface area (Å²) in [5.41, 5.74) is -0.704. The molecule has 4 unspecified atom stereocenters. The van der Waals surface area contributed by atoms with Crippen LogP contribution in [0.4, 0.5) is 0 Å². The molecular formula is C47H76O17. The number of rotatable bonds is 9. The highest BCUT2D eigenvalue weighted by Gasteiger charge is 2.70. The minimum absolute atomic E-state index is 0.00757. The second-order valence-corrected chi connectivity index (χ2v) is 22.9. The highest BCUT2D eigenvalue weighted by Crippen LogP contribution is 2.76. The summed E-state index contributed by atoms with van der Waals surface area (Å²) in [5.74, 6) is -0.441. The average molecular weight is 913 g/mol. The van der Waals surface area contributed by atoms with Crippen LogP contribution in [-0.4, -0.2) is 169 Å². The normalized spacial score (nSPS) is 55.0. The molecule has 0 aromatic carbocycles. The smallest absolute Gasteiger partial charge is 0.310 e. The van der Waals surface area contributed by atoms with Gasteiger partial charge in [-0.2, -0.15) is 0 Å². The lowest BCUT2D eigenvalue weighted by atomic mass is 9.33. The number of hydrogen-bond donors (Lipinski definition) is 10. The topological polar surface area (TPSA) is 275 Å². The molecule has 64 heavy (non-hydrogen) atoms. The largest absolute Gasteiger partial charge is 0.481 e. The third-order valence-corrected chi connectivity index (χ3v) is 19.1. The number of aliphatic carboxylic acids is 1. The number of carboxylic acid groups (broad SMARTS) is 1. The molecule has 17 nitrogen and oxygen atoms in total. The van der Waals surface area contributed by atoms with E-state index in [2.05, 4.69) is 40.7 Å². The molecule has 0 amide bonds. The monoisotopic (exact) mass is 913 g/mol. The Morgan fingerprint density at radius 3 is 2.03 bits per heavy atom. The first-order valence-electron chi connectivity index (χ1n) is 23.7. The molecule has 0 aromatic rings. The van der Waals surface area contributed by atoms with E-state index in [4.69, 9.17) is 28.4 Å². The molecule has 10 N–H and O–H groups in total. The first-order valence-corrected chi connectivity index (χ1v) is 23.7. The molecule has 3 aliphatic heterocycles. The Labute approximate surface area is 376 Å². The Balaban J connectivity index is 1.05. The minimum Gasteiger partial charge on any atom is -0.481 e. The van der Waals surface area contributed by atoms with Crippen LogP contribution in [0.15, 0.2) is 11.6 Å². The van der Waals surface area contributed by atoms with Crippen molar-refractivity contribution in [2.75, 3.05) is 19.8 Å². The molecule has 8 rings (SSSR count). The van der Waals surface area contributed by atoms with Gasteiger partial charge in [-0.1, -0.05) is 53.2 Å². The van der Waals surface area contributed by atoms with Crippen LogP contribution in [0.25, 0.3) is 0 Å². The first kappa shape index (κ1) is 49.0. The first-order chi connectivity index (χ1) is 29.9. The van der Waals surface area contributed by atoms with Gasteiger partial charge in [0, 0.05) is 5.41 Å². The molecule has 17 heteroatoms. The van der Waals surface area contributed by atoms with E-state index in [0.29, 0.717) is 19.3 Å². The summed E-state index contributed by atoms with van der Waals surface area (Å²) in [6.07, 6.45) is -11.7. The fraction of sp³-hybridized carbons (Fsp3) is 0.936. The van der Waals surface area contributed by atoms with Crippen LogP contribution in [0, 0.1) is 50.2 Å². The van der Waals surface area contributed by atoms with Gasteiger partial charge < -0.3 is 79.5 Å². The maximum absolute atomic E-state index is 13.1. The average Bonchev–Trinajstić information content (AvgIpc) is 3.24. The zero-order valence-corrected chi connectivity index (χ0v) is 38.5. The van der Waals surface area contributed by atoms with Crippen LogP contribution in [0.5, 0.6) is 0 Å². The van der Waals surface area contributed by atoms with Crippen molar-refractivity contribution in [3.63, 3.8) is 0 Å². The van der Waals surface area contributed by atoms with E-state index < -0.39 is 116 Å². The van der Waals surface area contributed by atoms with Crippen molar-refractivity contribution in [3.8, 4) is 0 Å². The molecule has 23 atom stereocenters.